The van der Waals surface area contributed by atoms with Crippen molar-refractivity contribution in [3.05, 3.63) is 66.1 Å². The number of aromatic nitrogens is 3. The van der Waals surface area contributed by atoms with Gasteiger partial charge in [0.2, 0.25) is 0 Å². The summed E-state index contributed by atoms with van der Waals surface area (Å²) >= 11 is 0. The van der Waals surface area contributed by atoms with Crippen LogP contribution >= 0.6 is 0 Å². The maximum absolute atomic E-state index is 13.4. The van der Waals surface area contributed by atoms with Crippen LogP contribution in [0.25, 0.3) is 21.9 Å². The van der Waals surface area contributed by atoms with Crippen LogP contribution in [-0.2, 0) is 6.18 Å². The lowest BCUT2D eigenvalue weighted by Crippen LogP contribution is -2.50. The van der Waals surface area contributed by atoms with Gasteiger partial charge in [-0.25, -0.2) is 9.78 Å². The molecule has 39 heavy (non-hydrogen) atoms. The zero-order valence-electron chi connectivity index (χ0n) is 21.5. The van der Waals surface area contributed by atoms with Crippen LogP contribution in [0, 0.1) is 5.92 Å². The van der Waals surface area contributed by atoms with E-state index >= 15 is 0 Å². The van der Waals surface area contributed by atoms with Gasteiger partial charge in [0.25, 0.3) is 0 Å². The third-order valence-electron chi connectivity index (χ3n) is 7.99. The van der Waals surface area contributed by atoms with E-state index in [0.717, 1.165) is 59.8 Å². The molecule has 2 aliphatic heterocycles. The predicted octanol–water partition coefficient (Wildman–Crippen LogP) is 6.22. The molecule has 1 N–H and O–H groups in total. The van der Waals surface area contributed by atoms with E-state index in [1.54, 1.807) is 0 Å². The topological polar surface area (TPSA) is 74.4 Å². The Bertz CT molecular complexity index is 1460. The lowest BCUT2D eigenvalue weighted by molar-refractivity contribution is -0.137. The molecule has 1 aromatic carbocycles. The Labute approximate surface area is 224 Å². The molecule has 1 atom stereocenters. The number of carbonyl (C=O) groups is 1. The summed E-state index contributed by atoms with van der Waals surface area (Å²) in [4.78, 5) is 29.4. The number of carbonyl (C=O) groups excluding carboxylic acids is 1. The number of nitrogens with one attached hydrogen (secondary N) is 1. The molecule has 6 rings (SSSR count). The summed E-state index contributed by atoms with van der Waals surface area (Å²) in [5, 5.41) is 2.22. The molecule has 0 saturated carbocycles. The molecular formula is C29H30F3N5O2. The highest BCUT2D eigenvalue weighted by Crippen LogP contribution is 2.36. The number of ether oxygens (including phenoxy) is 1. The van der Waals surface area contributed by atoms with Gasteiger partial charge in [-0.1, -0.05) is 0 Å². The Morgan fingerprint density at radius 1 is 1.00 bits per heavy atom. The number of aromatic amines is 1. The summed E-state index contributed by atoms with van der Waals surface area (Å²) in [7, 11) is 0. The van der Waals surface area contributed by atoms with Crippen molar-refractivity contribution in [1.29, 1.82) is 0 Å². The van der Waals surface area contributed by atoms with Crippen molar-refractivity contribution in [2.24, 2.45) is 5.92 Å². The van der Waals surface area contributed by atoms with Crippen LogP contribution in [0.3, 0.4) is 0 Å². The van der Waals surface area contributed by atoms with E-state index in [1.165, 1.54) is 17.7 Å². The first-order valence-corrected chi connectivity index (χ1v) is 13.4. The van der Waals surface area contributed by atoms with Crippen LogP contribution in [0.4, 0.5) is 18.0 Å². The number of halogens is 3. The van der Waals surface area contributed by atoms with Crippen molar-refractivity contribution >= 4 is 28.0 Å². The average Bonchev–Trinajstić information content (AvgIpc) is 3.45. The maximum atomic E-state index is 13.4. The summed E-state index contributed by atoms with van der Waals surface area (Å²) in [6, 6.07) is 8.96. The molecule has 2 amide bonds. The van der Waals surface area contributed by atoms with Crippen molar-refractivity contribution in [3.8, 4) is 5.75 Å². The smallest absolute Gasteiger partial charge is 0.416 e. The number of nitrogens with zero attached hydrogens (tertiary/aromatic N) is 4. The molecule has 1 unspecified atom stereocenters. The average molecular weight is 538 g/mol. The third kappa shape index (κ3) is 5.24. The third-order valence-corrected chi connectivity index (χ3v) is 7.99. The minimum atomic E-state index is -4.37. The van der Waals surface area contributed by atoms with E-state index in [1.807, 2.05) is 34.5 Å². The number of alkyl halides is 3. The van der Waals surface area contributed by atoms with E-state index in [0.29, 0.717) is 44.5 Å². The van der Waals surface area contributed by atoms with Gasteiger partial charge in [0.15, 0.2) is 0 Å². The Morgan fingerprint density at radius 2 is 1.79 bits per heavy atom. The second-order valence-electron chi connectivity index (χ2n) is 10.5. The van der Waals surface area contributed by atoms with E-state index in [9.17, 15) is 18.0 Å². The number of likely N-dealkylation sites (tertiary alicyclic amines) is 2. The second kappa shape index (κ2) is 10.4. The summed E-state index contributed by atoms with van der Waals surface area (Å²) in [5.41, 5.74) is 2.31. The Balaban J connectivity index is 1.05. The minimum Gasteiger partial charge on any atom is -0.493 e. The zero-order chi connectivity index (χ0) is 27.0. The monoisotopic (exact) mass is 537 g/mol. The molecule has 4 aromatic rings. The van der Waals surface area contributed by atoms with Crippen molar-refractivity contribution in [1.82, 2.24) is 24.8 Å². The van der Waals surface area contributed by atoms with E-state index in [-0.39, 0.29) is 11.9 Å². The van der Waals surface area contributed by atoms with Gasteiger partial charge >= 0.3 is 12.2 Å². The molecular weight excluding hydrogens is 507 g/mol. The van der Waals surface area contributed by atoms with Crippen LogP contribution < -0.4 is 4.74 Å². The van der Waals surface area contributed by atoms with Gasteiger partial charge in [0.1, 0.15) is 11.4 Å². The lowest BCUT2D eigenvalue weighted by atomic mass is 9.87. The lowest BCUT2D eigenvalue weighted by Gasteiger charge is -2.39. The van der Waals surface area contributed by atoms with Crippen molar-refractivity contribution in [2.45, 2.75) is 37.8 Å². The molecule has 0 bridgehead atoms. The fourth-order valence-electron chi connectivity index (χ4n) is 5.93. The molecule has 0 spiro atoms. The summed E-state index contributed by atoms with van der Waals surface area (Å²) in [6.07, 6.45) is 4.75. The summed E-state index contributed by atoms with van der Waals surface area (Å²) < 4.78 is 44.2. The SMILES string of the molecule is O=C(N1CCC(c2ccnc3cnc4[nH]ccc4c23)CC1)N1CCCC(COc2ccc(C(F)(F)F)cc2)C1. The first-order chi connectivity index (χ1) is 18.9. The first kappa shape index (κ1) is 25.5. The highest BCUT2D eigenvalue weighted by atomic mass is 19.4. The quantitative estimate of drug-likeness (QED) is 0.335. The van der Waals surface area contributed by atoms with Gasteiger partial charge in [-0.3, -0.25) is 4.98 Å². The van der Waals surface area contributed by atoms with Gasteiger partial charge in [-0.05, 0) is 73.6 Å². The van der Waals surface area contributed by atoms with Gasteiger partial charge in [0.05, 0.1) is 23.9 Å². The standard InChI is InChI=1S/C29H30F3N5O2/c30-29(31,32)21-3-5-22(6-4-21)39-18-19-2-1-13-37(17-19)28(38)36-14-9-20(10-15-36)23-7-11-33-25-16-35-27-24(26(23)25)8-12-34-27/h3-8,11-12,16,19-20H,1-2,9-10,13-15,17-18H2,(H,34,35). The largest absolute Gasteiger partial charge is 0.493 e. The van der Waals surface area contributed by atoms with Crippen LogP contribution in [0.15, 0.2) is 55.0 Å². The number of urea groups is 1. The molecule has 0 aliphatic carbocycles. The fourth-order valence-corrected chi connectivity index (χ4v) is 5.93. The number of hydrogen-bond donors (Lipinski definition) is 1. The van der Waals surface area contributed by atoms with E-state index < -0.39 is 11.7 Å². The molecule has 2 aliphatic rings. The van der Waals surface area contributed by atoms with Crippen molar-refractivity contribution in [2.75, 3.05) is 32.8 Å². The summed E-state index contributed by atoms with van der Waals surface area (Å²) in [6.45, 7) is 3.06. The van der Waals surface area contributed by atoms with Crippen molar-refractivity contribution in [3.63, 3.8) is 0 Å². The van der Waals surface area contributed by atoms with Crippen LogP contribution in [-0.4, -0.2) is 63.6 Å². The van der Waals surface area contributed by atoms with Gasteiger partial charge in [0, 0.05) is 55.3 Å². The van der Waals surface area contributed by atoms with Gasteiger partial charge in [-0.2, -0.15) is 13.2 Å². The number of hydrogen-bond acceptors (Lipinski definition) is 4. The normalized spacial score (nSPS) is 19.1. The van der Waals surface area contributed by atoms with E-state index in [2.05, 4.69) is 21.0 Å². The molecule has 204 valence electrons. The highest BCUT2D eigenvalue weighted by molar-refractivity contribution is 6.05. The Kier molecular flexibility index (Phi) is 6.78. The molecule has 2 saturated heterocycles. The molecule has 3 aromatic heterocycles. The minimum absolute atomic E-state index is 0.0597. The van der Waals surface area contributed by atoms with Crippen molar-refractivity contribution < 1.29 is 22.7 Å². The van der Waals surface area contributed by atoms with Gasteiger partial charge < -0.3 is 19.5 Å². The number of rotatable bonds is 4. The Morgan fingerprint density at radius 3 is 2.56 bits per heavy atom. The van der Waals surface area contributed by atoms with Crippen LogP contribution in [0.5, 0.6) is 5.75 Å². The molecule has 2 fully saturated rings. The number of H-pyrrole nitrogens is 1. The highest BCUT2D eigenvalue weighted by Gasteiger charge is 2.32. The molecule has 7 nitrogen and oxygen atoms in total. The number of amides is 2. The predicted molar refractivity (Wildman–Crippen MR) is 142 cm³/mol. The number of pyridine rings is 2. The zero-order valence-corrected chi connectivity index (χ0v) is 21.5. The number of piperidine rings is 2. The number of fused-ring (bicyclic) bond motifs is 3. The molecule has 10 heteroatoms. The van der Waals surface area contributed by atoms with E-state index in [4.69, 9.17) is 4.74 Å². The first-order valence-electron chi connectivity index (χ1n) is 13.4. The fraction of sp³-hybridized carbons (Fsp3) is 0.414. The molecule has 0 radical (unpaired) electrons. The Hall–Kier alpha value is -3.82. The maximum Gasteiger partial charge on any atom is 0.416 e. The summed E-state index contributed by atoms with van der Waals surface area (Å²) in [5.74, 6) is 0.888. The molecule has 5 heterocycles. The number of benzene rings is 1. The van der Waals surface area contributed by atoms with Crippen LogP contribution in [0.1, 0.15) is 42.7 Å². The van der Waals surface area contributed by atoms with Crippen LogP contribution in [0.2, 0.25) is 0 Å². The second-order valence-corrected chi connectivity index (χ2v) is 10.5. The van der Waals surface area contributed by atoms with Gasteiger partial charge in [-0.15, -0.1) is 0 Å².